The summed E-state index contributed by atoms with van der Waals surface area (Å²) in [4.78, 5) is 14.6. The number of Topliss-reactive ketones (excluding diaryl/α,β-unsaturated/α-hetero) is 1. The highest BCUT2D eigenvalue weighted by Gasteiger charge is 2.39. The SMILES string of the molecule is COc1cccc(C2(CCO)CCN(CCCC(=O)c3ccc(F)cc3)C2)c1. The van der Waals surface area contributed by atoms with Gasteiger partial charge in [-0.1, -0.05) is 12.1 Å². The van der Waals surface area contributed by atoms with Gasteiger partial charge in [0.25, 0.3) is 0 Å². The lowest BCUT2D eigenvalue weighted by Crippen LogP contribution is -2.32. The molecule has 2 aromatic rings. The topological polar surface area (TPSA) is 49.8 Å². The zero-order valence-electron chi connectivity index (χ0n) is 16.4. The van der Waals surface area contributed by atoms with Crippen LogP contribution < -0.4 is 4.74 Å². The van der Waals surface area contributed by atoms with E-state index in [1.165, 1.54) is 17.7 Å². The third-order valence-corrected chi connectivity index (χ3v) is 5.75. The van der Waals surface area contributed by atoms with Gasteiger partial charge in [-0.3, -0.25) is 4.79 Å². The van der Waals surface area contributed by atoms with Crippen LogP contribution in [0.4, 0.5) is 4.39 Å². The number of ether oxygens (including phenoxy) is 1. The summed E-state index contributed by atoms with van der Waals surface area (Å²) in [6, 6.07) is 13.8. The Hall–Kier alpha value is -2.24. The zero-order valence-corrected chi connectivity index (χ0v) is 16.4. The molecule has 1 heterocycles. The van der Waals surface area contributed by atoms with Crippen molar-refractivity contribution in [3.8, 4) is 5.75 Å². The third-order valence-electron chi connectivity index (χ3n) is 5.75. The van der Waals surface area contributed by atoms with Crippen molar-refractivity contribution in [1.82, 2.24) is 4.90 Å². The van der Waals surface area contributed by atoms with Crippen LogP contribution in [0.15, 0.2) is 48.5 Å². The van der Waals surface area contributed by atoms with Crippen molar-refractivity contribution < 1.29 is 19.0 Å². The molecule has 1 N–H and O–H groups in total. The van der Waals surface area contributed by atoms with E-state index in [2.05, 4.69) is 17.0 Å². The highest BCUT2D eigenvalue weighted by Crippen LogP contribution is 2.39. The zero-order chi connectivity index (χ0) is 20.0. The molecule has 4 nitrogen and oxygen atoms in total. The fourth-order valence-electron chi connectivity index (χ4n) is 4.14. The number of hydrogen-bond donors (Lipinski definition) is 1. The van der Waals surface area contributed by atoms with Gasteiger partial charge in [0.05, 0.1) is 7.11 Å². The van der Waals surface area contributed by atoms with Gasteiger partial charge in [-0.05, 0) is 74.3 Å². The van der Waals surface area contributed by atoms with Gasteiger partial charge < -0.3 is 14.7 Å². The van der Waals surface area contributed by atoms with E-state index in [9.17, 15) is 14.3 Å². The van der Waals surface area contributed by atoms with E-state index in [0.29, 0.717) is 18.4 Å². The number of aliphatic hydroxyl groups is 1. The van der Waals surface area contributed by atoms with Gasteiger partial charge in [-0.2, -0.15) is 0 Å². The van der Waals surface area contributed by atoms with Gasteiger partial charge in [0.2, 0.25) is 0 Å². The Labute approximate surface area is 165 Å². The third kappa shape index (κ3) is 4.78. The molecule has 1 aliphatic heterocycles. The van der Waals surface area contributed by atoms with E-state index in [1.54, 1.807) is 19.2 Å². The second-order valence-corrected chi connectivity index (χ2v) is 7.55. The monoisotopic (exact) mass is 385 g/mol. The van der Waals surface area contributed by atoms with E-state index in [0.717, 1.165) is 38.2 Å². The van der Waals surface area contributed by atoms with Gasteiger partial charge in [-0.15, -0.1) is 0 Å². The molecule has 150 valence electrons. The number of ketones is 1. The molecule has 0 saturated carbocycles. The summed E-state index contributed by atoms with van der Waals surface area (Å²) in [7, 11) is 1.66. The van der Waals surface area contributed by atoms with E-state index in [1.807, 2.05) is 12.1 Å². The van der Waals surface area contributed by atoms with E-state index in [-0.39, 0.29) is 23.6 Å². The molecule has 1 fully saturated rings. The molecule has 3 rings (SSSR count). The Morgan fingerprint density at radius 1 is 1.25 bits per heavy atom. The number of carbonyl (C=O) groups is 1. The minimum Gasteiger partial charge on any atom is -0.497 e. The molecule has 1 saturated heterocycles. The van der Waals surface area contributed by atoms with E-state index >= 15 is 0 Å². The maximum absolute atomic E-state index is 13.0. The van der Waals surface area contributed by atoms with Crippen LogP contribution in [0.1, 0.15) is 41.6 Å². The van der Waals surface area contributed by atoms with Crippen molar-refractivity contribution in [2.75, 3.05) is 33.4 Å². The number of rotatable bonds is 9. The number of aliphatic hydroxyl groups excluding tert-OH is 1. The molecule has 0 amide bonds. The molecule has 0 aromatic heterocycles. The number of carbonyl (C=O) groups excluding carboxylic acids is 1. The number of methoxy groups -OCH3 is 1. The van der Waals surface area contributed by atoms with Gasteiger partial charge >= 0.3 is 0 Å². The number of likely N-dealkylation sites (tertiary alicyclic amines) is 1. The maximum atomic E-state index is 13.0. The highest BCUT2D eigenvalue weighted by atomic mass is 19.1. The molecule has 5 heteroatoms. The standard InChI is InChI=1S/C23H28FNO3/c1-28-21-5-2-4-19(16-21)23(12-15-26)11-14-25(17-23)13-3-6-22(27)18-7-9-20(24)10-8-18/h2,4-5,7-10,16,26H,3,6,11-15,17H2,1H3. The van der Waals surface area contributed by atoms with Crippen molar-refractivity contribution in [3.63, 3.8) is 0 Å². The lowest BCUT2D eigenvalue weighted by molar-refractivity contribution is 0.0975. The summed E-state index contributed by atoms with van der Waals surface area (Å²) in [6.45, 7) is 2.80. The summed E-state index contributed by atoms with van der Waals surface area (Å²) in [5, 5.41) is 9.64. The minimum absolute atomic E-state index is 0.0496. The number of nitrogens with zero attached hydrogens (tertiary/aromatic N) is 1. The number of benzene rings is 2. The van der Waals surface area contributed by atoms with Crippen LogP contribution in [0.2, 0.25) is 0 Å². The first-order valence-electron chi connectivity index (χ1n) is 9.83. The molecule has 1 aliphatic rings. The summed E-state index contributed by atoms with van der Waals surface area (Å²) >= 11 is 0. The average Bonchev–Trinajstić information content (AvgIpc) is 3.13. The Kier molecular flexibility index (Phi) is 6.81. The van der Waals surface area contributed by atoms with Crippen LogP contribution >= 0.6 is 0 Å². The maximum Gasteiger partial charge on any atom is 0.162 e. The van der Waals surface area contributed by atoms with E-state index < -0.39 is 0 Å². The van der Waals surface area contributed by atoms with Crippen LogP contribution in [0, 0.1) is 5.82 Å². The predicted molar refractivity (Wildman–Crippen MR) is 107 cm³/mol. The first-order valence-corrected chi connectivity index (χ1v) is 9.83. The normalized spacial score (nSPS) is 19.7. The smallest absolute Gasteiger partial charge is 0.162 e. The second kappa shape index (κ2) is 9.30. The Bertz CT molecular complexity index is 793. The Morgan fingerprint density at radius 2 is 2.04 bits per heavy atom. The van der Waals surface area contributed by atoms with Crippen molar-refractivity contribution in [2.24, 2.45) is 0 Å². The fraction of sp³-hybridized carbons (Fsp3) is 0.435. The van der Waals surface area contributed by atoms with Crippen LogP contribution in [0.25, 0.3) is 0 Å². The average molecular weight is 385 g/mol. The number of halogens is 1. The van der Waals surface area contributed by atoms with Crippen molar-refractivity contribution in [1.29, 1.82) is 0 Å². The number of hydrogen-bond acceptors (Lipinski definition) is 4. The van der Waals surface area contributed by atoms with Gasteiger partial charge in [0.1, 0.15) is 11.6 Å². The van der Waals surface area contributed by atoms with Gasteiger partial charge in [0.15, 0.2) is 5.78 Å². The largest absolute Gasteiger partial charge is 0.497 e. The van der Waals surface area contributed by atoms with Crippen molar-refractivity contribution in [3.05, 3.63) is 65.5 Å². The molecule has 1 atom stereocenters. The highest BCUT2D eigenvalue weighted by molar-refractivity contribution is 5.95. The van der Waals surface area contributed by atoms with Crippen LogP contribution in [-0.2, 0) is 5.41 Å². The fourth-order valence-corrected chi connectivity index (χ4v) is 4.14. The first kappa shape index (κ1) is 20.5. The molecular weight excluding hydrogens is 357 g/mol. The molecule has 0 aliphatic carbocycles. The molecule has 2 aromatic carbocycles. The minimum atomic E-state index is -0.327. The molecule has 0 spiro atoms. The van der Waals surface area contributed by atoms with Crippen LogP contribution in [0.3, 0.4) is 0 Å². The van der Waals surface area contributed by atoms with Crippen molar-refractivity contribution in [2.45, 2.75) is 31.1 Å². The Balaban J connectivity index is 1.58. The van der Waals surface area contributed by atoms with Gasteiger partial charge in [-0.25, -0.2) is 4.39 Å². The second-order valence-electron chi connectivity index (χ2n) is 7.55. The predicted octanol–water partition coefficient (Wildman–Crippen LogP) is 3.82. The molecular formula is C23H28FNO3. The summed E-state index contributed by atoms with van der Waals surface area (Å²) in [5.74, 6) is 0.554. The Morgan fingerprint density at radius 3 is 2.75 bits per heavy atom. The van der Waals surface area contributed by atoms with Crippen molar-refractivity contribution >= 4 is 5.78 Å². The van der Waals surface area contributed by atoms with E-state index in [4.69, 9.17) is 4.74 Å². The first-order chi connectivity index (χ1) is 13.6. The summed E-state index contributed by atoms with van der Waals surface area (Å²) in [6.07, 6.45) is 2.91. The molecule has 0 radical (unpaired) electrons. The summed E-state index contributed by atoms with van der Waals surface area (Å²) < 4.78 is 18.4. The molecule has 28 heavy (non-hydrogen) atoms. The van der Waals surface area contributed by atoms with Gasteiger partial charge in [0, 0.05) is 30.6 Å². The van der Waals surface area contributed by atoms with Crippen LogP contribution in [0.5, 0.6) is 5.75 Å². The molecule has 0 bridgehead atoms. The quantitative estimate of drug-likeness (QED) is 0.667. The lowest BCUT2D eigenvalue weighted by Gasteiger charge is -2.30. The lowest BCUT2D eigenvalue weighted by atomic mass is 9.77. The van der Waals surface area contributed by atoms with Crippen LogP contribution in [-0.4, -0.2) is 49.1 Å². The summed E-state index contributed by atoms with van der Waals surface area (Å²) in [5.41, 5.74) is 1.68. The molecule has 1 unspecified atom stereocenters.